The number of hydrogen-bond acceptors (Lipinski definition) is 2. The summed E-state index contributed by atoms with van der Waals surface area (Å²) >= 11 is 0. The topological polar surface area (TPSA) is 29.9 Å². The van der Waals surface area contributed by atoms with E-state index in [-0.39, 0.29) is 0 Å². The highest BCUT2D eigenvalue weighted by Crippen LogP contribution is 2.31. The zero-order valence-corrected chi connectivity index (χ0v) is 15.4. The lowest BCUT2D eigenvalue weighted by Crippen LogP contribution is -2.33. The van der Waals surface area contributed by atoms with E-state index in [4.69, 9.17) is 0 Å². The Morgan fingerprint density at radius 2 is 2.04 bits per heavy atom. The summed E-state index contributed by atoms with van der Waals surface area (Å²) in [5.74, 6) is 0. The lowest BCUT2D eigenvalue weighted by Gasteiger charge is -2.23. The molecule has 4 rings (SSSR count). The number of rotatable bonds is 3. The Bertz CT molecular complexity index is 971. The van der Waals surface area contributed by atoms with E-state index >= 15 is 0 Å². The normalized spacial score (nSPS) is 17.3. The summed E-state index contributed by atoms with van der Waals surface area (Å²) in [6.45, 7) is 5.85. The molecule has 1 unspecified atom stereocenters. The number of hydrogen-bond donors (Lipinski definition) is 1. The van der Waals surface area contributed by atoms with Crippen molar-refractivity contribution in [3.05, 3.63) is 64.6 Å². The second kappa shape index (κ2) is 6.68. The Hall–Kier alpha value is -2.34. The summed E-state index contributed by atoms with van der Waals surface area (Å²) in [7, 11) is 0. The summed E-state index contributed by atoms with van der Waals surface area (Å²) in [6.07, 6.45) is -1.45. The molecule has 0 radical (unpaired) electrons. The third kappa shape index (κ3) is 3.46. The number of fused-ring (bicyclic) bond motifs is 3. The summed E-state index contributed by atoms with van der Waals surface area (Å²) in [6, 6.07) is 9.49. The Morgan fingerprint density at radius 1 is 1.22 bits per heavy atom. The molecule has 6 heteroatoms. The number of nitrogens with one attached hydrogen (secondary N) is 1. The molecule has 1 N–H and O–H groups in total. The van der Waals surface area contributed by atoms with Gasteiger partial charge in [-0.25, -0.2) is 0 Å². The molecule has 142 valence electrons. The van der Waals surface area contributed by atoms with Crippen LogP contribution in [-0.4, -0.2) is 15.6 Å². The van der Waals surface area contributed by atoms with E-state index in [0.717, 1.165) is 31.1 Å². The Morgan fingerprint density at radius 3 is 2.74 bits per heavy atom. The zero-order chi connectivity index (χ0) is 19.2. The van der Waals surface area contributed by atoms with Crippen LogP contribution in [0.25, 0.3) is 10.9 Å². The fraction of sp³-hybridized carbons (Fsp3) is 0.381. The lowest BCUT2D eigenvalue weighted by atomic mass is 10.0. The van der Waals surface area contributed by atoms with Crippen LogP contribution in [0.5, 0.6) is 0 Å². The highest BCUT2D eigenvalue weighted by Gasteiger charge is 2.32. The Balaban J connectivity index is 1.65. The molecule has 1 aliphatic heterocycles. The number of aryl methyl sites for hydroxylation is 3. The number of halogens is 3. The summed E-state index contributed by atoms with van der Waals surface area (Å²) < 4.78 is 40.4. The number of aromatic nitrogens is 2. The Labute approximate surface area is 156 Å². The first kappa shape index (κ1) is 18.0. The SMILES string of the molecule is Cc1ccc2c(c1)c1c(n2CCc2ccc(C(F)(F)F)nc2)CC(C)NC1. The van der Waals surface area contributed by atoms with Gasteiger partial charge in [0.25, 0.3) is 0 Å². The van der Waals surface area contributed by atoms with Crippen LogP contribution < -0.4 is 5.32 Å². The van der Waals surface area contributed by atoms with E-state index in [1.165, 1.54) is 40.0 Å². The molecule has 0 spiro atoms. The van der Waals surface area contributed by atoms with E-state index in [1.54, 1.807) is 0 Å². The molecule has 0 fully saturated rings. The van der Waals surface area contributed by atoms with E-state index in [9.17, 15) is 13.2 Å². The van der Waals surface area contributed by atoms with Gasteiger partial charge in [-0.05, 0) is 49.6 Å². The largest absolute Gasteiger partial charge is 0.433 e. The predicted octanol–water partition coefficient (Wildman–Crippen LogP) is 4.64. The number of nitrogens with zero attached hydrogens (tertiary/aromatic N) is 2. The summed E-state index contributed by atoms with van der Waals surface area (Å²) in [5.41, 5.74) is 5.08. The predicted molar refractivity (Wildman–Crippen MR) is 99.6 cm³/mol. The minimum atomic E-state index is -4.39. The maximum Gasteiger partial charge on any atom is 0.433 e. The van der Waals surface area contributed by atoms with Crippen LogP contribution in [0.1, 0.15) is 35.0 Å². The van der Waals surface area contributed by atoms with Gasteiger partial charge in [-0.2, -0.15) is 13.2 Å². The highest BCUT2D eigenvalue weighted by atomic mass is 19.4. The van der Waals surface area contributed by atoms with Crippen LogP contribution >= 0.6 is 0 Å². The van der Waals surface area contributed by atoms with Gasteiger partial charge < -0.3 is 9.88 Å². The molecule has 0 amide bonds. The molecule has 1 aromatic carbocycles. The van der Waals surface area contributed by atoms with Gasteiger partial charge in [-0.1, -0.05) is 17.7 Å². The molecule has 3 heterocycles. The maximum atomic E-state index is 12.7. The van der Waals surface area contributed by atoms with E-state index in [0.29, 0.717) is 12.5 Å². The van der Waals surface area contributed by atoms with Crippen molar-refractivity contribution >= 4 is 10.9 Å². The standard InChI is InChI=1S/C21H22F3N3/c1-13-3-5-18-16(9-13)17-12-25-14(2)10-19(17)27(18)8-7-15-4-6-20(26-11-15)21(22,23)24/h3-6,9,11,14,25H,7-8,10,12H2,1-2H3. The molecular weight excluding hydrogens is 351 g/mol. The average Bonchev–Trinajstić information content (AvgIpc) is 2.91. The monoisotopic (exact) mass is 373 g/mol. The third-order valence-electron chi connectivity index (χ3n) is 5.31. The van der Waals surface area contributed by atoms with Gasteiger partial charge in [0.2, 0.25) is 0 Å². The maximum absolute atomic E-state index is 12.7. The molecule has 27 heavy (non-hydrogen) atoms. The Kier molecular flexibility index (Phi) is 4.46. The van der Waals surface area contributed by atoms with Crippen LogP contribution in [0.2, 0.25) is 0 Å². The minimum absolute atomic E-state index is 0.411. The first-order valence-corrected chi connectivity index (χ1v) is 9.19. The van der Waals surface area contributed by atoms with Crippen LogP contribution in [0.3, 0.4) is 0 Å². The number of alkyl halides is 3. The molecule has 3 nitrogen and oxygen atoms in total. The van der Waals surface area contributed by atoms with Crippen LogP contribution in [0.15, 0.2) is 36.5 Å². The van der Waals surface area contributed by atoms with Crippen LogP contribution in [0, 0.1) is 6.92 Å². The summed E-state index contributed by atoms with van der Waals surface area (Å²) in [5, 5.41) is 4.80. The van der Waals surface area contributed by atoms with Crippen LogP contribution in [0.4, 0.5) is 13.2 Å². The van der Waals surface area contributed by atoms with Gasteiger partial charge in [0.15, 0.2) is 0 Å². The van der Waals surface area contributed by atoms with Crippen molar-refractivity contribution in [2.24, 2.45) is 0 Å². The van der Waals surface area contributed by atoms with Gasteiger partial charge in [0.1, 0.15) is 5.69 Å². The molecule has 2 aromatic heterocycles. The third-order valence-corrected chi connectivity index (χ3v) is 5.31. The van der Waals surface area contributed by atoms with Crippen molar-refractivity contribution in [3.8, 4) is 0 Å². The first-order chi connectivity index (χ1) is 12.8. The number of pyridine rings is 1. The molecule has 0 saturated heterocycles. The second-order valence-electron chi connectivity index (χ2n) is 7.38. The summed E-state index contributed by atoms with van der Waals surface area (Å²) in [4.78, 5) is 3.58. The van der Waals surface area contributed by atoms with Gasteiger partial charge in [-0.15, -0.1) is 0 Å². The van der Waals surface area contributed by atoms with Gasteiger partial charge in [0, 0.05) is 48.3 Å². The smallest absolute Gasteiger partial charge is 0.344 e. The van der Waals surface area contributed by atoms with Crippen molar-refractivity contribution in [2.45, 2.75) is 52.0 Å². The van der Waals surface area contributed by atoms with Crippen LogP contribution in [-0.2, 0) is 32.1 Å². The molecule has 1 atom stereocenters. The number of benzene rings is 1. The molecule has 1 aliphatic rings. The fourth-order valence-electron chi connectivity index (χ4n) is 3.90. The average molecular weight is 373 g/mol. The second-order valence-corrected chi connectivity index (χ2v) is 7.38. The van der Waals surface area contributed by atoms with E-state index in [1.807, 2.05) is 0 Å². The highest BCUT2D eigenvalue weighted by molar-refractivity contribution is 5.86. The zero-order valence-electron chi connectivity index (χ0n) is 15.4. The molecule has 3 aromatic rings. The van der Waals surface area contributed by atoms with E-state index in [2.05, 4.69) is 46.9 Å². The van der Waals surface area contributed by atoms with Crippen molar-refractivity contribution in [2.75, 3.05) is 0 Å². The van der Waals surface area contributed by atoms with Crippen molar-refractivity contribution in [3.63, 3.8) is 0 Å². The molecule has 0 saturated carbocycles. The quantitative estimate of drug-likeness (QED) is 0.725. The van der Waals surface area contributed by atoms with Gasteiger partial charge in [0.05, 0.1) is 0 Å². The fourth-order valence-corrected chi connectivity index (χ4v) is 3.90. The molecular formula is C21H22F3N3. The molecule has 0 aliphatic carbocycles. The lowest BCUT2D eigenvalue weighted by molar-refractivity contribution is -0.141. The van der Waals surface area contributed by atoms with E-state index < -0.39 is 11.9 Å². The van der Waals surface area contributed by atoms with Crippen molar-refractivity contribution in [1.82, 2.24) is 14.9 Å². The molecule has 0 bridgehead atoms. The van der Waals surface area contributed by atoms with Crippen molar-refractivity contribution in [1.29, 1.82) is 0 Å². The first-order valence-electron chi connectivity index (χ1n) is 9.19. The minimum Gasteiger partial charge on any atom is -0.344 e. The van der Waals surface area contributed by atoms with Gasteiger partial charge in [-0.3, -0.25) is 4.98 Å². The van der Waals surface area contributed by atoms with Crippen molar-refractivity contribution < 1.29 is 13.2 Å². The van der Waals surface area contributed by atoms with Gasteiger partial charge >= 0.3 is 6.18 Å².